The smallest absolute Gasteiger partial charge is 0.244 e. The van der Waals surface area contributed by atoms with Crippen LogP contribution in [0.3, 0.4) is 0 Å². The van der Waals surface area contributed by atoms with Crippen molar-refractivity contribution in [3.8, 4) is 0 Å². The first-order valence-electron chi connectivity index (χ1n) is 8.66. The standard InChI is InChI=1S/C21H16FN3O2S/c22-14-5-3-6-15(11-14)23-20(26)13-25-18-8-2-1-7-16(18)24-17(12-21(25)27)19-9-4-10-28-19/h1-11H,12-13H2,(H,23,26). The van der Waals surface area contributed by atoms with Crippen molar-refractivity contribution >= 4 is 45.9 Å². The highest BCUT2D eigenvalue weighted by molar-refractivity contribution is 7.12. The summed E-state index contributed by atoms with van der Waals surface area (Å²) in [4.78, 5) is 32.5. The first-order valence-corrected chi connectivity index (χ1v) is 9.54. The Labute approximate surface area is 165 Å². The maximum absolute atomic E-state index is 13.3. The quantitative estimate of drug-likeness (QED) is 0.715. The van der Waals surface area contributed by atoms with E-state index in [4.69, 9.17) is 0 Å². The van der Waals surface area contributed by atoms with E-state index in [0.717, 1.165) is 4.88 Å². The van der Waals surface area contributed by atoms with Crippen LogP contribution in [0.25, 0.3) is 0 Å². The van der Waals surface area contributed by atoms with Gasteiger partial charge in [-0.1, -0.05) is 24.3 Å². The molecule has 4 rings (SSSR count). The second-order valence-corrected chi connectivity index (χ2v) is 7.19. The highest BCUT2D eigenvalue weighted by Crippen LogP contribution is 2.33. The molecule has 0 atom stereocenters. The summed E-state index contributed by atoms with van der Waals surface area (Å²) in [6.45, 7) is -0.181. The van der Waals surface area contributed by atoms with Crippen LogP contribution < -0.4 is 10.2 Å². The number of nitrogens with one attached hydrogen (secondary N) is 1. The van der Waals surface area contributed by atoms with Gasteiger partial charge in [0.25, 0.3) is 0 Å². The van der Waals surface area contributed by atoms with E-state index < -0.39 is 11.7 Å². The number of rotatable bonds is 4. The molecule has 5 nitrogen and oxygen atoms in total. The Morgan fingerprint density at radius 3 is 2.79 bits per heavy atom. The van der Waals surface area contributed by atoms with Gasteiger partial charge in [-0.05, 0) is 41.8 Å². The molecular formula is C21H16FN3O2S. The van der Waals surface area contributed by atoms with E-state index in [9.17, 15) is 14.0 Å². The van der Waals surface area contributed by atoms with Crippen molar-refractivity contribution in [2.24, 2.45) is 4.99 Å². The van der Waals surface area contributed by atoms with E-state index in [1.807, 2.05) is 29.6 Å². The third-order valence-corrected chi connectivity index (χ3v) is 5.18. The lowest BCUT2D eigenvalue weighted by atomic mass is 10.2. The number of carbonyl (C=O) groups is 2. The molecule has 0 fully saturated rings. The van der Waals surface area contributed by atoms with Crippen LogP contribution in [-0.2, 0) is 9.59 Å². The highest BCUT2D eigenvalue weighted by atomic mass is 32.1. The maximum Gasteiger partial charge on any atom is 0.244 e. The SMILES string of the molecule is O=C(CN1C(=O)CC(c2cccs2)=Nc2ccccc21)Nc1cccc(F)c1. The average Bonchev–Trinajstić information content (AvgIpc) is 3.16. The van der Waals surface area contributed by atoms with Crippen molar-refractivity contribution in [1.82, 2.24) is 0 Å². The first kappa shape index (κ1) is 18.1. The first-order chi connectivity index (χ1) is 13.6. The number of fused-ring (bicyclic) bond motifs is 1. The number of halogens is 1. The van der Waals surface area contributed by atoms with Crippen molar-refractivity contribution in [2.45, 2.75) is 6.42 Å². The van der Waals surface area contributed by atoms with Crippen LogP contribution >= 0.6 is 11.3 Å². The van der Waals surface area contributed by atoms with E-state index >= 15 is 0 Å². The Morgan fingerprint density at radius 2 is 2.00 bits per heavy atom. The molecule has 0 unspecified atom stereocenters. The number of carbonyl (C=O) groups excluding carboxylic acids is 2. The van der Waals surface area contributed by atoms with Crippen LogP contribution in [0.5, 0.6) is 0 Å². The molecule has 0 spiro atoms. The van der Waals surface area contributed by atoms with E-state index in [1.165, 1.54) is 34.4 Å². The molecule has 3 aromatic rings. The van der Waals surface area contributed by atoms with Crippen molar-refractivity contribution < 1.29 is 14.0 Å². The van der Waals surface area contributed by atoms with Gasteiger partial charge in [0.05, 0.1) is 23.5 Å². The Balaban J connectivity index is 1.60. The number of nitrogens with zero attached hydrogens (tertiary/aromatic N) is 2. The maximum atomic E-state index is 13.3. The molecule has 0 bridgehead atoms. The number of para-hydroxylation sites is 2. The van der Waals surface area contributed by atoms with Crippen LogP contribution in [0.4, 0.5) is 21.5 Å². The molecule has 1 aliphatic rings. The van der Waals surface area contributed by atoms with Gasteiger partial charge in [-0.2, -0.15) is 0 Å². The molecule has 0 saturated heterocycles. The summed E-state index contributed by atoms with van der Waals surface area (Å²) in [7, 11) is 0. The van der Waals surface area contributed by atoms with Gasteiger partial charge in [-0.15, -0.1) is 11.3 Å². The Hall–Kier alpha value is -3.32. The fraction of sp³-hybridized carbons (Fsp3) is 0.0952. The number of aliphatic imine (C=N–C) groups is 1. The summed E-state index contributed by atoms with van der Waals surface area (Å²) in [6.07, 6.45) is 0.0996. The monoisotopic (exact) mass is 393 g/mol. The molecule has 1 N–H and O–H groups in total. The van der Waals surface area contributed by atoms with Gasteiger partial charge in [0.1, 0.15) is 12.4 Å². The van der Waals surface area contributed by atoms with E-state index in [2.05, 4.69) is 10.3 Å². The van der Waals surface area contributed by atoms with Gasteiger partial charge in [-0.3, -0.25) is 9.59 Å². The molecule has 2 aromatic carbocycles. The van der Waals surface area contributed by atoms with Crippen molar-refractivity contribution in [2.75, 3.05) is 16.8 Å². The minimum Gasteiger partial charge on any atom is -0.324 e. The molecule has 0 radical (unpaired) electrons. The van der Waals surface area contributed by atoms with Gasteiger partial charge in [0.15, 0.2) is 0 Å². The summed E-state index contributed by atoms with van der Waals surface area (Å²) in [5.74, 6) is -1.07. The highest BCUT2D eigenvalue weighted by Gasteiger charge is 2.26. The summed E-state index contributed by atoms with van der Waals surface area (Å²) in [5, 5.41) is 4.57. The van der Waals surface area contributed by atoms with Gasteiger partial charge in [0.2, 0.25) is 11.8 Å². The van der Waals surface area contributed by atoms with E-state index in [-0.39, 0.29) is 18.9 Å². The van der Waals surface area contributed by atoms with Crippen molar-refractivity contribution in [3.05, 3.63) is 76.7 Å². The zero-order valence-electron chi connectivity index (χ0n) is 14.8. The summed E-state index contributed by atoms with van der Waals surface area (Å²) in [5.41, 5.74) is 2.24. The van der Waals surface area contributed by atoms with Gasteiger partial charge in [0, 0.05) is 10.6 Å². The number of thiophene rings is 1. The zero-order valence-corrected chi connectivity index (χ0v) is 15.6. The topological polar surface area (TPSA) is 61.8 Å². The van der Waals surface area contributed by atoms with Crippen LogP contribution in [0, 0.1) is 5.82 Å². The molecule has 1 aliphatic heterocycles. The lowest BCUT2D eigenvalue weighted by molar-refractivity contribution is -0.120. The minimum absolute atomic E-state index is 0.0996. The van der Waals surface area contributed by atoms with Gasteiger partial charge in [-0.25, -0.2) is 9.38 Å². The van der Waals surface area contributed by atoms with Gasteiger partial charge < -0.3 is 10.2 Å². The Bertz CT molecular complexity index is 1060. The number of hydrogen-bond acceptors (Lipinski definition) is 4. The number of hydrogen-bond donors (Lipinski definition) is 1. The second kappa shape index (κ2) is 7.74. The molecule has 2 amide bonds. The number of anilines is 2. The molecule has 7 heteroatoms. The molecule has 140 valence electrons. The lowest BCUT2D eigenvalue weighted by Crippen LogP contribution is -2.38. The minimum atomic E-state index is -0.442. The summed E-state index contributed by atoms with van der Waals surface area (Å²) >= 11 is 1.52. The van der Waals surface area contributed by atoms with Gasteiger partial charge >= 0.3 is 0 Å². The number of amides is 2. The predicted molar refractivity (Wildman–Crippen MR) is 109 cm³/mol. The van der Waals surface area contributed by atoms with Crippen LogP contribution in [0.2, 0.25) is 0 Å². The average molecular weight is 393 g/mol. The van der Waals surface area contributed by atoms with Crippen LogP contribution in [0.1, 0.15) is 11.3 Å². The second-order valence-electron chi connectivity index (χ2n) is 6.24. The summed E-state index contributed by atoms with van der Waals surface area (Å²) in [6, 6.07) is 16.7. The third kappa shape index (κ3) is 3.84. The molecule has 2 heterocycles. The third-order valence-electron chi connectivity index (χ3n) is 4.26. The fourth-order valence-corrected chi connectivity index (χ4v) is 3.73. The molecule has 28 heavy (non-hydrogen) atoms. The normalized spacial score (nSPS) is 13.5. The van der Waals surface area contributed by atoms with E-state index in [1.54, 1.807) is 18.2 Å². The molecule has 1 aromatic heterocycles. The Kier molecular flexibility index (Phi) is 4.99. The van der Waals surface area contributed by atoms with E-state index in [0.29, 0.717) is 22.8 Å². The fourth-order valence-electron chi connectivity index (χ4n) is 3.01. The van der Waals surface area contributed by atoms with Crippen molar-refractivity contribution in [3.63, 3.8) is 0 Å². The van der Waals surface area contributed by atoms with Crippen molar-refractivity contribution in [1.29, 1.82) is 0 Å². The largest absolute Gasteiger partial charge is 0.324 e. The molecule has 0 saturated carbocycles. The Morgan fingerprint density at radius 1 is 1.14 bits per heavy atom. The molecule has 0 aliphatic carbocycles. The molecular weight excluding hydrogens is 377 g/mol. The lowest BCUT2D eigenvalue weighted by Gasteiger charge is -2.21. The predicted octanol–water partition coefficient (Wildman–Crippen LogP) is 4.38. The van der Waals surface area contributed by atoms with Crippen LogP contribution in [-0.4, -0.2) is 24.1 Å². The number of benzene rings is 2. The summed E-state index contributed by atoms with van der Waals surface area (Å²) < 4.78 is 13.3. The van der Waals surface area contributed by atoms with Crippen LogP contribution in [0.15, 0.2) is 71.0 Å². The zero-order chi connectivity index (χ0) is 19.5.